The molecule has 0 spiro atoms. The summed E-state index contributed by atoms with van der Waals surface area (Å²) in [6, 6.07) is 18.1. The van der Waals surface area contributed by atoms with Crippen molar-refractivity contribution in [1.82, 2.24) is 5.32 Å². The molecule has 0 heterocycles. The number of benzene rings is 2. The predicted octanol–water partition coefficient (Wildman–Crippen LogP) is 3.54. The highest BCUT2D eigenvalue weighted by molar-refractivity contribution is 5.98. The Morgan fingerprint density at radius 1 is 1.00 bits per heavy atom. The first-order chi connectivity index (χ1) is 11.6. The molecule has 24 heavy (non-hydrogen) atoms. The van der Waals surface area contributed by atoms with E-state index in [1.165, 1.54) is 0 Å². The summed E-state index contributed by atoms with van der Waals surface area (Å²) in [5, 5.41) is 3.22. The van der Waals surface area contributed by atoms with Crippen LogP contribution in [0.1, 0.15) is 42.2 Å². The number of hydrogen-bond donors (Lipinski definition) is 1. The van der Waals surface area contributed by atoms with Gasteiger partial charge in [-0.05, 0) is 19.4 Å². The van der Waals surface area contributed by atoms with Gasteiger partial charge in [0.2, 0.25) is 0 Å². The monoisotopic (exact) mass is 325 g/mol. The third kappa shape index (κ3) is 5.03. The van der Waals surface area contributed by atoms with E-state index in [2.05, 4.69) is 5.32 Å². The summed E-state index contributed by atoms with van der Waals surface area (Å²) in [7, 11) is 0. The molecule has 0 radical (unpaired) electrons. The molecule has 4 nitrogen and oxygen atoms in total. The van der Waals surface area contributed by atoms with Crippen molar-refractivity contribution in [1.29, 1.82) is 0 Å². The van der Waals surface area contributed by atoms with Crippen molar-refractivity contribution >= 4 is 11.8 Å². The van der Waals surface area contributed by atoms with Crippen LogP contribution < -0.4 is 5.32 Å². The number of rotatable bonds is 8. The van der Waals surface area contributed by atoms with Crippen molar-refractivity contribution in [3.63, 3.8) is 0 Å². The summed E-state index contributed by atoms with van der Waals surface area (Å²) >= 11 is 0. The van der Waals surface area contributed by atoms with E-state index < -0.39 is 12.0 Å². The highest BCUT2D eigenvalue weighted by Crippen LogP contribution is 2.15. The van der Waals surface area contributed by atoms with Gasteiger partial charge in [-0.2, -0.15) is 0 Å². The fourth-order valence-electron chi connectivity index (χ4n) is 2.52. The van der Waals surface area contributed by atoms with Gasteiger partial charge in [0.15, 0.2) is 5.78 Å². The maximum Gasteiger partial charge on any atom is 0.323 e. The molecule has 0 saturated heterocycles. The van der Waals surface area contributed by atoms with E-state index in [4.69, 9.17) is 4.74 Å². The minimum Gasteiger partial charge on any atom is -0.465 e. The Kier molecular flexibility index (Phi) is 6.70. The van der Waals surface area contributed by atoms with Crippen LogP contribution in [0.3, 0.4) is 0 Å². The van der Waals surface area contributed by atoms with Gasteiger partial charge in [-0.25, -0.2) is 0 Å². The maximum atomic E-state index is 12.4. The second kappa shape index (κ2) is 8.99. The largest absolute Gasteiger partial charge is 0.465 e. The number of carbonyl (C=O) groups is 2. The lowest BCUT2D eigenvalue weighted by Crippen LogP contribution is -2.41. The van der Waals surface area contributed by atoms with Crippen molar-refractivity contribution in [3.8, 4) is 0 Å². The molecule has 0 amide bonds. The Morgan fingerprint density at radius 2 is 1.58 bits per heavy atom. The van der Waals surface area contributed by atoms with Crippen molar-refractivity contribution in [3.05, 3.63) is 71.8 Å². The van der Waals surface area contributed by atoms with Crippen molar-refractivity contribution in [2.24, 2.45) is 0 Å². The zero-order chi connectivity index (χ0) is 17.4. The fourth-order valence-corrected chi connectivity index (χ4v) is 2.52. The number of Topliss-reactive ketones (excluding diaryl/α,β-unsaturated/α-hetero) is 1. The molecule has 0 saturated carbocycles. The first kappa shape index (κ1) is 17.9. The Morgan fingerprint density at radius 3 is 2.17 bits per heavy atom. The molecule has 2 aromatic carbocycles. The van der Waals surface area contributed by atoms with E-state index in [-0.39, 0.29) is 24.9 Å². The van der Waals surface area contributed by atoms with E-state index in [0.29, 0.717) is 5.56 Å². The molecule has 0 aromatic heterocycles. The van der Waals surface area contributed by atoms with E-state index in [0.717, 1.165) is 5.56 Å². The molecule has 0 fully saturated rings. The zero-order valence-corrected chi connectivity index (χ0v) is 14.1. The lowest BCUT2D eigenvalue weighted by atomic mass is 10.0. The number of nitrogens with one attached hydrogen (secondary N) is 1. The standard InChI is InChI=1S/C20H23NO3/c1-3-24-20(23)18(14-19(22)17-12-8-5-9-13-17)21-15(2)16-10-6-4-7-11-16/h4-13,15,18,21H,3,14H2,1-2H3/t15-,18-/m0/s1. The van der Waals surface area contributed by atoms with Crippen LogP contribution in [-0.4, -0.2) is 24.4 Å². The average Bonchev–Trinajstić information content (AvgIpc) is 2.62. The van der Waals surface area contributed by atoms with Crippen LogP contribution in [-0.2, 0) is 9.53 Å². The Balaban J connectivity index is 2.10. The first-order valence-corrected chi connectivity index (χ1v) is 8.17. The molecule has 2 atom stereocenters. The third-order valence-electron chi connectivity index (χ3n) is 3.81. The van der Waals surface area contributed by atoms with Crippen LogP contribution in [0.5, 0.6) is 0 Å². The summed E-state index contributed by atoms with van der Waals surface area (Å²) in [4.78, 5) is 24.7. The maximum absolute atomic E-state index is 12.4. The van der Waals surface area contributed by atoms with Gasteiger partial charge in [-0.15, -0.1) is 0 Å². The van der Waals surface area contributed by atoms with Crippen LogP contribution in [0.25, 0.3) is 0 Å². The van der Waals surface area contributed by atoms with E-state index in [1.807, 2.05) is 55.5 Å². The van der Waals surface area contributed by atoms with E-state index in [1.54, 1.807) is 19.1 Å². The molecule has 0 aliphatic rings. The predicted molar refractivity (Wildman–Crippen MR) is 93.8 cm³/mol. The van der Waals surface area contributed by atoms with Gasteiger partial charge >= 0.3 is 5.97 Å². The van der Waals surface area contributed by atoms with Gasteiger partial charge in [-0.3, -0.25) is 14.9 Å². The van der Waals surface area contributed by atoms with E-state index >= 15 is 0 Å². The van der Waals surface area contributed by atoms with Crippen molar-refractivity contribution in [2.45, 2.75) is 32.4 Å². The summed E-state index contributed by atoms with van der Waals surface area (Å²) in [6.45, 7) is 4.01. The minimum absolute atomic E-state index is 0.0656. The number of carbonyl (C=O) groups excluding carboxylic acids is 2. The van der Waals surface area contributed by atoms with Gasteiger partial charge in [0, 0.05) is 18.0 Å². The second-order valence-electron chi connectivity index (χ2n) is 5.60. The van der Waals surface area contributed by atoms with Gasteiger partial charge in [0.25, 0.3) is 0 Å². The fraction of sp³-hybridized carbons (Fsp3) is 0.300. The van der Waals surface area contributed by atoms with Gasteiger partial charge < -0.3 is 4.74 Å². The SMILES string of the molecule is CCOC(=O)[C@H](CC(=O)c1ccccc1)N[C@@H](C)c1ccccc1. The van der Waals surface area contributed by atoms with Crippen molar-refractivity contribution in [2.75, 3.05) is 6.61 Å². The molecule has 0 aliphatic carbocycles. The van der Waals surface area contributed by atoms with Gasteiger partial charge in [0.1, 0.15) is 6.04 Å². The molecule has 0 aliphatic heterocycles. The Bertz CT molecular complexity index is 655. The van der Waals surface area contributed by atoms with Crippen LogP contribution in [0.4, 0.5) is 0 Å². The summed E-state index contributed by atoms with van der Waals surface area (Å²) in [5.41, 5.74) is 1.65. The highest BCUT2D eigenvalue weighted by Gasteiger charge is 2.25. The number of ether oxygens (including phenoxy) is 1. The molecular weight excluding hydrogens is 302 g/mol. The molecule has 2 rings (SSSR count). The van der Waals surface area contributed by atoms with Crippen LogP contribution in [0, 0.1) is 0 Å². The number of esters is 1. The second-order valence-corrected chi connectivity index (χ2v) is 5.60. The molecule has 126 valence electrons. The normalized spacial score (nSPS) is 13.1. The third-order valence-corrected chi connectivity index (χ3v) is 3.81. The Labute approximate surface area is 142 Å². The van der Waals surface area contributed by atoms with Crippen LogP contribution >= 0.6 is 0 Å². The minimum atomic E-state index is -0.673. The van der Waals surface area contributed by atoms with Crippen molar-refractivity contribution < 1.29 is 14.3 Å². The number of hydrogen-bond acceptors (Lipinski definition) is 4. The molecule has 2 aromatic rings. The molecule has 4 heteroatoms. The van der Waals surface area contributed by atoms with Gasteiger partial charge in [-0.1, -0.05) is 60.7 Å². The average molecular weight is 325 g/mol. The lowest BCUT2D eigenvalue weighted by molar-refractivity contribution is -0.145. The lowest BCUT2D eigenvalue weighted by Gasteiger charge is -2.22. The zero-order valence-electron chi connectivity index (χ0n) is 14.1. The summed E-state index contributed by atoms with van der Waals surface area (Å²) in [6.07, 6.45) is 0.0695. The topological polar surface area (TPSA) is 55.4 Å². The molecule has 0 bridgehead atoms. The van der Waals surface area contributed by atoms with Crippen LogP contribution in [0.15, 0.2) is 60.7 Å². The first-order valence-electron chi connectivity index (χ1n) is 8.17. The smallest absolute Gasteiger partial charge is 0.323 e. The molecule has 1 N–H and O–H groups in total. The Hall–Kier alpha value is -2.46. The van der Waals surface area contributed by atoms with E-state index in [9.17, 15) is 9.59 Å². The molecule has 0 unspecified atom stereocenters. The quantitative estimate of drug-likeness (QED) is 0.596. The summed E-state index contributed by atoms with van der Waals surface area (Å²) < 4.78 is 5.12. The summed E-state index contributed by atoms with van der Waals surface area (Å²) in [5.74, 6) is -0.481. The van der Waals surface area contributed by atoms with Gasteiger partial charge in [0.05, 0.1) is 6.61 Å². The van der Waals surface area contributed by atoms with Crippen LogP contribution in [0.2, 0.25) is 0 Å². The molecular formula is C20H23NO3. The number of ketones is 1. The highest BCUT2D eigenvalue weighted by atomic mass is 16.5.